The van der Waals surface area contributed by atoms with Gasteiger partial charge in [-0.3, -0.25) is 4.98 Å². The van der Waals surface area contributed by atoms with Crippen LogP contribution in [0.1, 0.15) is 37.9 Å². The fourth-order valence-corrected chi connectivity index (χ4v) is 4.19. The summed E-state index contributed by atoms with van der Waals surface area (Å²) in [6.07, 6.45) is 5.51. The van der Waals surface area contributed by atoms with Gasteiger partial charge < -0.3 is 20.3 Å². The summed E-state index contributed by atoms with van der Waals surface area (Å²) in [5, 5.41) is 17.3. The van der Waals surface area contributed by atoms with Gasteiger partial charge in [0.05, 0.1) is 35.7 Å². The van der Waals surface area contributed by atoms with Gasteiger partial charge in [0.1, 0.15) is 5.69 Å². The van der Waals surface area contributed by atoms with E-state index in [1.165, 1.54) is 5.56 Å². The smallest absolute Gasteiger partial charge is 0.189 e. The van der Waals surface area contributed by atoms with Crippen LogP contribution >= 0.6 is 0 Å². The molecule has 0 radical (unpaired) electrons. The number of nitrogens with two attached hydrogens (primary N) is 1. The molecule has 1 saturated heterocycles. The second-order valence-corrected chi connectivity index (χ2v) is 9.72. The molecule has 37 heavy (non-hydrogen) atoms. The fraction of sp³-hybridized carbons (Fsp3) is 0.321. The standard InChI is InChI=1S/C28H29N7O2/c1-28(2,17-29)25-12-20(9-10-31-25)23-15-33-27(30)26(34-23)24-13-22(35-37-24)19-7-5-18(6-8-19)14-32-21-4-3-11-36-16-21/h5-10,12-13,15,21,32H,3-4,11,14,16H2,1-2H3,(H2,30,33). The minimum absolute atomic E-state index is 0.242. The van der Waals surface area contributed by atoms with Crippen LogP contribution in [0.5, 0.6) is 0 Å². The van der Waals surface area contributed by atoms with E-state index in [-0.39, 0.29) is 5.82 Å². The first-order valence-electron chi connectivity index (χ1n) is 12.3. The van der Waals surface area contributed by atoms with Gasteiger partial charge in [0.25, 0.3) is 0 Å². The molecule has 0 bridgehead atoms. The van der Waals surface area contributed by atoms with E-state index < -0.39 is 5.41 Å². The molecular weight excluding hydrogens is 466 g/mol. The zero-order valence-electron chi connectivity index (χ0n) is 20.9. The van der Waals surface area contributed by atoms with Crippen molar-refractivity contribution in [3.8, 4) is 40.0 Å². The monoisotopic (exact) mass is 495 g/mol. The quantitative estimate of drug-likeness (QED) is 0.379. The van der Waals surface area contributed by atoms with Crippen molar-refractivity contribution >= 4 is 5.82 Å². The fourth-order valence-electron chi connectivity index (χ4n) is 4.19. The number of benzene rings is 1. The largest absolute Gasteiger partial charge is 0.382 e. The minimum atomic E-state index is -0.726. The van der Waals surface area contributed by atoms with Crippen molar-refractivity contribution in [2.45, 2.75) is 44.7 Å². The number of nitrogens with one attached hydrogen (secondary N) is 1. The second kappa shape index (κ2) is 10.5. The molecule has 3 N–H and O–H groups in total. The predicted molar refractivity (Wildman–Crippen MR) is 140 cm³/mol. The number of aromatic nitrogens is 4. The maximum absolute atomic E-state index is 9.47. The van der Waals surface area contributed by atoms with Crippen LogP contribution in [0.4, 0.5) is 5.82 Å². The van der Waals surface area contributed by atoms with Crippen LogP contribution in [-0.2, 0) is 16.7 Å². The number of anilines is 1. The molecule has 9 heteroatoms. The van der Waals surface area contributed by atoms with Crippen molar-refractivity contribution in [1.82, 2.24) is 25.4 Å². The lowest BCUT2D eigenvalue weighted by Gasteiger charge is -2.23. The third-order valence-electron chi connectivity index (χ3n) is 6.52. The molecule has 1 fully saturated rings. The van der Waals surface area contributed by atoms with E-state index in [0.29, 0.717) is 34.6 Å². The molecule has 9 nitrogen and oxygen atoms in total. The minimum Gasteiger partial charge on any atom is -0.382 e. The van der Waals surface area contributed by atoms with Crippen molar-refractivity contribution in [1.29, 1.82) is 5.26 Å². The van der Waals surface area contributed by atoms with Crippen LogP contribution in [0.15, 0.2) is 59.4 Å². The van der Waals surface area contributed by atoms with Gasteiger partial charge in [0.2, 0.25) is 0 Å². The van der Waals surface area contributed by atoms with Crippen molar-refractivity contribution in [3.63, 3.8) is 0 Å². The molecule has 1 aliphatic rings. The topological polar surface area (TPSA) is 136 Å². The maximum Gasteiger partial charge on any atom is 0.189 e. The van der Waals surface area contributed by atoms with E-state index in [0.717, 1.165) is 43.7 Å². The molecule has 1 atom stereocenters. The highest BCUT2D eigenvalue weighted by atomic mass is 16.5. The van der Waals surface area contributed by atoms with Gasteiger partial charge >= 0.3 is 0 Å². The molecule has 1 aromatic carbocycles. The van der Waals surface area contributed by atoms with E-state index in [9.17, 15) is 5.26 Å². The van der Waals surface area contributed by atoms with Gasteiger partial charge in [-0.05, 0) is 44.4 Å². The molecule has 4 heterocycles. The van der Waals surface area contributed by atoms with Crippen molar-refractivity contribution < 1.29 is 9.26 Å². The molecule has 188 valence electrons. The Hall–Kier alpha value is -4.13. The average Bonchev–Trinajstić information content (AvgIpc) is 3.43. The third-order valence-corrected chi connectivity index (χ3v) is 6.52. The zero-order valence-corrected chi connectivity index (χ0v) is 20.9. The Morgan fingerprint density at radius 2 is 1.95 bits per heavy atom. The SMILES string of the molecule is CC(C)(C#N)c1cc(-c2cnc(N)c(-c3cc(-c4ccc(CNC5CCCOC5)cc4)no3)n2)ccn1. The van der Waals surface area contributed by atoms with Gasteiger partial charge in [0, 0.05) is 42.6 Å². The summed E-state index contributed by atoms with van der Waals surface area (Å²) < 4.78 is 11.2. The highest BCUT2D eigenvalue weighted by molar-refractivity contribution is 5.73. The number of hydrogen-bond acceptors (Lipinski definition) is 9. The van der Waals surface area contributed by atoms with Gasteiger partial charge in [0.15, 0.2) is 17.3 Å². The summed E-state index contributed by atoms with van der Waals surface area (Å²) in [5.41, 5.74) is 10.7. The number of nitriles is 1. The Morgan fingerprint density at radius 3 is 2.70 bits per heavy atom. The second-order valence-electron chi connectivity index (χ2n) is 9.72. The number of ether oxygens (including phenoxy) is 1. The van der Waals surface area contributed by atoms with Gasteiger partial charge in [-0.25, -0.2) is 9.97 Å². The van der Waals surface area contributed by atoms with Crippen LogP contribution < -0.4 is 11.1 Å². The van der Waals surface area contributed by atoms with Crippen molar-refractivity contribution in [3.05, 3.63) is 66.1 Å². The van der Waals surface area contributed by atoms with Crippen LogP contribution in [0.25, 0.3) is 34.0 Å². The summed E-state index contributed by atoms with van der Waals surface area (Å²) in [6.45, 7) is 6.07. The molecule has 0 saturated carbocycles. The van der Waals surface area contributed by atoms with Crippen molar-refractivity contribution in [2.24, 2.45) is 0 Å². The molecule has 1 unspecified atom stereocenters. The van der Waals surface area contributed by atoms with E-state index in [4.69, 9.17) is 20.0 Å². The molecule has 3 aromatic heterocycles. The van der Waals surface area contributed by atoms with Gasteiger partial charge in [-0.1, -0.05) is 29.4 Å². The van der Waals surface area contributed by atoms with Crippen LogP contribution in [0.2, 0.25) is 0 Å². The van der Waals surface area contributed by atoms with Crippen LogP contribution in [-0.4, -0.2) is 39.4 Å². The first-order valence-corrected chi connectivity index (χ1v) is 12.3. The summed E-state index contributed by atoms with van der Waals surface area (Å²) in [7, 11) is 0. The molecule has 4 aromatic rings. The summed E-state index contributed by atoms with van der Waals surface area (Å²) in [4.78, 5) is 13.4. The Bertz CT molecular complexity index is 1420. The molecule has 1 aliphatic heterocycles. The average molecular weight is 496 g/mol. The number of nitrogen functional groups attached to an aromatic ring is 1. The van der Waals surface area contributed by atoms with Crippen LogP contribution in [0.3, 0.4) is 0 Å². The number of pyridine rings is 1. The van der Waals surface area contributed by atoms with Gasteiger partial charge in [-0.15, -0.1) is 0 Å². The van der Waals surface area contributed by atoms with E-state index in [1.54, 1.807) is 12.4 Å². The zero-order chi connectivity index (χ0) is 25.8. The highest BCUT2D eigenvalue weighted by Gasteiger charge is 2.22. The van der Waals surface area contributed by atoms with Crippen molar-refractivity contribution in [2.75, 3.05) is 18.9 Å². The first kappa shape index (κ1) is 24.6. The van der Waals surface area contributed by atoms with E-state index >= 15 is 0 Å². The number of nitrogens with zero attached hydrogens (tertiary/aromatic N) is 5. The molecule has 5 rings (SSSR count). The van der Waals surface area contributed by atoms with Gasteiger partial charge in [-0.2, -0.15) is 5.26 Å². The summed E-state index contributed by atoms with van der Waals surface area (Å²) >= 11 is 0. The molecular formula is C28H29N7O2. The normalized spacial score (nSPS) is 15.9. The first-order chi connectivity index (χ1) is 17.9. The lowest BCUT2D eigenvalue weighted by molar-refractivity contribution is 0.0699. The maximum atomic E-state index is 9.47. The predicted octanol–water partition coefficient (Wildman–Crippen LogP) is 4.51. The molecule has 0 aliphatic carbocycles. The Balaban J connectivity index is 1.34. The number of rotatable bonds is 7. The lowest BCUT2D eigenvalue weighted by atomic mass is 9.90. The van der Waals surface area contributed by atoms with Crippen LogP contribution in [0, 0.1) is 11.3 Å². The third kappa shape index (κ3) is 5.50. The van der Waals surface area contributed by atoms with E-state index in [1.807, 2.05) is 44.2 Å². The Kier molecular flexibility index (Phi) is 6.95. The Morgan fingerprint density at radius 1 is 1.11 bits per heavy atom. The molecule has 0 spiro atoms. The summed E-state index contributed by atoms with van der Waals surface area (Å²) in [5.74, 6) is 0.669. The molecule has 0 amide bonds. The lowest BCUT2D eigenvalue weighted by Crippen LogP contribution is -2.36. The highest BCUT2D eigenvalue weighted by Crippen LogP contribution is 2.31. The van der Waals surface area contributed by atoms with E-state index in [2.05, 4.69) is 38.6 Å². The number of hydrogen-bond donors (Lipinski definition) is 2. The summed E-state index contributed by atoms with van der Waals surface area (Å²) in [6, 6.07) is 16.4. The Labute approximate surface area is 215 Å².